The molecule has 0 saturated carbocycles. The molecule has 4 atom stereocenters. The van der Waals surface area contributed by atoms with Crippen LogP contribution in [0, 0.1) is 0 Å². The van der Waals surface area contributed by atoms with Crippen molar-refractivity contribution in [3.8, 4) is 0 Å². The van der Waals surface area contributed by atoms with Crippen LogP contribution in [0.2, 0.25) is 0 Å². The SMILES string of the molecule is CO[C@@H]1[C@H](O)[C@H](n2cnc3c(=O)n(C)c(N)nc32)O[C@@H]1CO. The van der Waals surface area contributed by atoms with Crippen molar-refractivity contribution in [2.24, 2.45) is 7.05 Å². The van der Waals surface area contributed by atoms with Gasteiger partial charge in [0.25, 0.3) is 5.56 Å². The van der Waals surface area contributed by atoms with Crippen molar-refractivity contribution in [1.82, 2.24) is 19.1 Å². The van der Waals surface area contributed by atoms with Crippen molar-refractivity contribution in [2.75, 3.05) is 19.5 Å². The van der Waals surface area contributed by atoms with Crippen LogP contribution in [0.25, 0.3) is 11.2 Å². The predicted octanol–water partition coefficient (Wildman–Crippen LogP) is -2.02. The van der Waals surface area contributed by atoms with E-state index in [0.29, 0.717) is 0 Å². The maximum atomic E-state index is 12.1. The highest BCUT2D eigenvalue weighted by molar-refractivity contribution is 5.71. The molecule has 0 aliphatic carbocycles. The molecule has 0 amide bonds. The van der Waals surface area contributed by atoms with Crippen LogP contribution in [-0.4, -0.2) is 61.3 Å². The fraction of sp³-hybridized carbons (Fsp3) is 0.583. The summed E-state index contributed by atoms with van der Waals surface area (Å²) in [6, 6.07) is 0. The predicted molar refractivity (Wildman–Crippen MR) is 75.0 cm³/mol. The topological polar surface area (TPSA) is 138 Å². The van der Waals surface area contributed by atoms with Crippen LogP contribution >= 0.6 is 0 Å². The monoisotopic (exact) mass is 311 g/mol. The van der Waals surface area contributed by atoms with Gasteiger partial charge in [-0.15, -0.1) is 0 Å². The summed E-state index contributed by atoms with van der Waals surface area (Å²) in [6.07, 6.45) is -1.97. The average Bonchev–Trinajstić information content (AvgIpc) is 3.05. The number of nitrogen functional groups attached to an aromatic ring is 1. The van der Waals surface area contributed by atoms with Crippen molar-refractivity contribution in [2.45, 2.75) is 24.5 Å². The van der Waals surface area contributed by atoms with Gasteiger partial charge in [-0.25, -0.2) is 4.98 Å². The summed E-state index contributed by atoms with van der Waals surface area (Å²) in [6.45, 7) is -0.309. The van der Waals surface area contributed by atoms with E-state index >= 15 is 0 Å². The van der Waals surface area contributed by atoms with Gasteiger partial charge in [0.05, 0.1) is 12.9 Å². The molecular formula is C12H17N5O5. The number of ether oxygens (including phenoxy) is 2. The first-order valence-corrected chi connectivity index (χ1v) is 6.65. The summed E-state index contributed by atoms with van der Waals surface area (Å²) in [5.74, 6) is 0.0220. The number of aliphatic hydroxyl groups is 2. The van der Waals surface area contributed by atoms with E-state index < -0.39 is 30.1 Å². The minimum absolute atomic E-state index is 0.0220. The number of aliphatic hydroxyl groups excluding tert-OH is 2. The maximum absolute atomic E-state index is 12.1. The lowest BCUT2D eigenvalue weighted by Crippen LogP contribution is -2.35. The molecule has 10 heteroatoms. The van der Waals surface area contributed by atoms with Crippen LogP contribution in [0.1, 0.15) is 6.23 Å². The number of imidazole rings is 1. The number of hydrogen-bond donors (Lipinski definition) is 3. The van der Waals surface area contributed by atoms with Crippen LogP contribution in [-0.2, 0) is 16.5 Å². The summed E-state index contributed by atoms with van der Waals surface area (Å²) in [5.41, 5.74) is 5.63. The number of anilines is 1. The Balaban J connectivity index is 2.10. The largest absolute Gasteiger partial charge is 0.394 e. The Morgan fingerprint density at radius 3 is 2.86 bits per heavy atom. The molecular weight excluding hydrogens is 294 g/mol. The van der Waals surface area contributed by atoms with E-state index in [1.54, 1.807) is 0 Å². The number of methoxy groups -OCH3 is 1. The number of nitrogens with zero attached hydrogens (tertiary/aromatic N) is 4. The van der Waals surface area contributed by atoms with E-state index in [9.17, 15) is 15.0 Å². The normalized spacial score (nSPS) is 28.5. The van der Waals surface area contributed by atoms with Gasteiger partial charge >= 0.3 is 0 Å². The van der Waals surface area contributed by atoms with E-state index in [1.165, 1.54) is 29.6 Å². The smallest absolute Gasteiger partial charge is 0.282 e. The molecule has 10 nitrogen and oxygen atoms in total. The van der Waals surface area contributed by atoms with E-state index in [4.69, 9.17) is 15.2 Å². The van der Waals surface area contributed by atoms with Gasteiger partial charge in [-0.2, -0.15) is 4.98 Å². The zero-order valence-corrected chi connectivity index (χ0v) is 12.1. The van der Waals surface area contributed by atoms with E-state index in [0.717, 1.165) is 0 Å². The summed E-state index contributed by atoms with van der Waals surface area (Å²) >= 11 is 0. The highest BCUT2D eigenvalue weighted by Gasteiger charge is 2.45. The van der Waals surface area contributed by atoms with Gasteiger partial charge in [0, 0.05) is 14.2 Å². The van der Waals surface area contributed by atoms with Crippen molar-refractivity contribution in [1.29, 1.82) is 0 Å². The Morgan fingerprint density at radius 2 is 2.27 bits per heavy atom. The van der Waals surface area contributed by atoms with Crippen LogP contribution in [0.5, 0.6) is 0 Å². The van der Waals surface area contributed by atoms with Gasteiger partial charge in [0.2, 0.25) is 5.95 Å². The van der Waals surface area contributed by atoms with Crippen LogP contribution < -0.4 is 11.3 Å². The van der Waals surface area contributed by atoms with E-state index in [-0.39, 0.29) is 23.7 Å². The number of hydrogen-bond acceptors (Lipinski definition) is 8. The van der Waals surface area contributed by atoms with Crippen molar-refractivity contribution < 1.29 is 19.7 Å². The first kappa shape index (κ1) is 14.9. The van der Waals surface area contributed by atoms with Crippen LogP contribution in [0.3, 0.4) is 0 Å². The van der Waals surface area contributed by atoms with Crippen molar-refractivity contribution >= 4 is 17.1 Å². The quantitative estimate of drug-likeness (QED) is 0.590. The van der Waals surface area contributed by atoms with Gasteiger partial charge in [0.1, 0.15) is 18.3 Å². The molecule has 0 radical (unpaired) electrons. The Bertz CT molecular complexity index is 756. The molecule has 0 spiro atoms. The third-order valence-corrected chi connectivity index (χ3v) is 3.87. The number of fused-ring (bicyclic) bond motifs is 1. The minimum Gasteiger partial charge on any atom is -0.394 e. The standard InChI is InChI=1S/C12H17N5O5/c1-16-10(20)6-9(15-12(16)13)17(4-14-6)11-7(19)8(21-2)5(3-18)22-11/h4-5,7-8,11,18-19H,3H2,1-2H3,(H2,13,15)/t5-,7+,8+,11-/m1/s1. The van der Waals surface area contributed by atoms with Crippen LogP contribution in [0.15, 0.2) is 11.1 Å². The molecule has 1 aliphatic heterocycles. The lowest BCUT2D eigenvalue weighted by atomic mass is 10.1. The lowest BCUT2D eigenvalue weighted by molar-refractivity contribution is -0.0535. The second-order valence-corrected chi connectivity index (χ2v) is 5.10. The zero-order chi connectivity index (χ0) is 16.0. The van der Waals surface area contributed by atoms with Crippen LogP contribution in [0.4, 0.5) is 5.95 Å². The van der Waals surface area contributed by atoms with Gasteiger partial charge in [-0.1, -0.05) is 0 Å². The molecule has 120 valence electrons. The molecule has 0 unspecified atom stereocenters. The van der Waals surface area contributed by atoms with E-state index in [2.05, 4.69) is 9.97 Å². The second-order valence-electron chi connectivity index (χ2n) is 5.10. The Kier molecular flexibility index (Phi) is 3.60. The van der Waals surface area contributed by atoms with Crippen molar-refractivity contribution in [3.05, 3.63) is 16.7 Å². The third kappa shape index (κ3) is 2.00. The second kappa shape index (κ2) is 5.32. The molecule has 3 rings (SSSR count). The Hall–Kier alpha value is -2.01. The number of nitrogens with two attached hydrogens (primary N) is 1. The Labute approximate surface area is 124 Å². The summed E-state index contributed by atoms with van der Waals surface area (Å²) in [5, 5.41) is 19.6. The van der Waals surface area contributed by atoms with E-state index in [1.807, 2.05) is 0 Å². The van der Waals surface area contributed by atoms with Gasteiger partial charge in [-0.3, -0.25) is 13.9 Å². The molecule has 0 aromatic carbocycles. The zero-order valence-electron chi connectivity index (χ0n) is 12.1. The third-order valence-electron chi connectivity index (χ3n) is 3.87. The molecule has 3 heterocycles. The minimum atomic E-state index is -1.05. The molecule has 0 bridgehead atoms. The van der Waals surface area contributed by atoms with Gasteiger partial charge < -0.3 is 25.4 Å². The fourth-order valence-electron chi connectivity index (χ4n) is 2.64. The average molecular weight is 311 g/mol. The van der Waals surface area contributed by atoms with Gasteiger partial charge in [-0.05, 0) is 0 Å². The first-order chi connectivity index (χ1) is 10.5. The number of rotatable bonds is 3. The lowest BCUT2D eigenvalue weighted by Gasteiger charge is -2.18. The molecule has 1 aliphatic rings. The maximum Gasteiger partial charge on any atom is 0.282 e. The molecule has 22 heavy (non-hydrogen) atoms. The molecule has 4 N–H and O–H groups in total. The molecule has 1 fully saturated rings. The number of aromatic nitrogens is 4. The van der Waals surface area contributed by atoms with Gasteiger partial charge in [0.15, 0.2) is 17.4 Å². The highest BCUT2D eigenvalue weighted by Crippen LogP contribution is 2.32. The summed E-state index contributed by atoms with van der Waals surface area (Å²) < 4.78 is 13.3. The summed E-state index contributed by atoms with van der Waals surface area (Å²) in [7, 11) is 2.91. The first-order valence-electron chi connectivity index (χ1n) is 6.65. The fourth-order valence-corrected chi connectivity index (χ4v) is 2.64. The molecule has 2 aromatic heterocycles. The molecule has 1 saturated heterocycles. The highest BCUT2D eigenvalue weighted by atomic mass is 16.6. The van der Waals surface area contributed by atoms with Crippen molar-refractivity contribution in [3.63, 3.8) is 0 Å². The molecule has 2 aromatic rings. The Morgan fingerprint density at radius 1 is 1.55 bits per heavy atom. The summed E-state index contributed by atoms with van der Waals surface area (Å²) in [4.78, 5) is 20.2.